The van der Waals surface area contributed by atoms with Crippen molar-refractivity contribution >= 4 is 17.0 Å². The van der Waals surface area contributed by atoms with Crippen LogP contribution in [0.1, 0.15) is 24.9 Å². The maximum Gasteiger partial charge on any atom is 0.191 e. The summed E-state index contributed by atoms with van der Waals surface area (Å²) >= 11 is 0. The molecule has 6 nitrogen and oxygen atoms in total. The molecule has 2 N–H and O–H groups in total. The lowest BCUT2D eigenvalue weighted by molar-refractivity contribution is 0.645. The van der Waals surface area contributed by atoms with Crippen LogP contribution in [0.4, 0.5) is 0 Å². The van der Waals surface area contributed by atoms with Gasteiger partial charge in [-0.1, -0.05) is 18.2 Å². The molecule has 0 aliphatic rings. The van der Waals surface area contributed by atoms with E-state index in [4.69, 9.17) is 4.99 Å². The molecule has 2 heterocycles. The van der Waals surface area contributed by atoms with Gasteiger partial charge in [0, 0.05) is 44.5 Å². The van der Waals surface area contributed by atoms with Crippen LogP contribution in [0.5, 0.6) is 0 Å². The Labute approximate surface area is 160 Å². The Bertz CT molecular complexity index is 869. The molecule has 6 heteroatoms. The van der Waals surface area contributed by atoms with Gasteiger partial charge in [-0.05, 0) is 44.5 Å². The lowest BCUT2D eigenvalue weighted by Crippen LogP contribution is -2.38. The molecule has 0 spiro atoms. The average Bonchev–Trinajstić information content (AvgIpc) is 3.01. The molecule has 0 aliphatic carbocycles. The Morgan fingerprint density at radius 3 is 2.78 bits per heavy atom. The number of pyridine rings is 1. The van der Waals surface area contributed by atoms with Crippen molar-refractivity contribution < 1.29 is 0 Å². The summed E-state index contributed by atoms with van der Waals surface area (Å²) in [5.74, 6) is 1.92. The van der Waals surface area contributed by atoms with Crippen molar-refractivity contribution in [2.45, 2.75) is 33.2 Å². The second kappa shape index (κ2) is 9.71. The van der Waals surface area contributed by atoms with Crippen LogP contribution in [-0.4, -0.2) is 40.1 Å². The van der Waals surface area contributed by atoms with E-state index in [9.17, 15) is 0 Å². The standard InChI is InChI=1S/C21H28N6/c1-3-22-21(25-15-12-18-9-6-7-13-23-18)24-14-8-16-27-17(2)26-19-10-4-5-11-20(19)27/h4-7,9-11,13H,3,8,12,14-16H2,1-2H3,(H2,22,24,25). The molecular formula is C21H28N6. The summed E-state index contributed by atoms with van der Waals surface area (Å²) < 4.78 is 2.27. The zero-order valence-corrected chi connectivity index (χ0v) is 16.2. The van der Waals surface area contributed by atoms with Crippen LogP contribution in [0, 0.1) is 6.92 Å². The van der Waals surface area contributed by atoms with Crippen LogP contribution in [0.15, 0.2) is 53.7 Å². The number of nitrogens with zero attached hydrogens (tertiary/aromatic N) is 4. The van der Waals surface area contributed by atoms with Crippen molar-refractivity contribution in [1.29, 1.82) is 0 Å². The largest absolute Gasteiger partial charge is 0.357 e. The molecule has 0 bridgehead atoms. The lowest BCUT2D eigenvalue weighted by atomic mass is 10.3. The first kappa shape index (κ1) is 18.9. The Kier molecular flexibility index (Phi) is 6.79. The second-order valence-electron chi connectivity index (χ2n) is 6.41. The van der Waals surface area contributed by atoms with Crippen molar-refractivity contribution in [3.05, 3.63) is 60.2 Å². The number of benzene rings is 1. The predicted octanol–water partition coefficient (Wildman–Crippen LogP) is 2.93. The van der Waals surface area contributed by atoms with Crippen LogP contribution in [0.2, 0.25) is 0 Å². The Hall–Kier alpha value is -2.89. The fourth-order valence-corrected chi connectivity index (χ4v) is 3.09. The predicted molar refractivity (Wildman–Crippen MR) is 111 cm³/mol. The summed E-state index contributed by atoms with van der Waals surface area (Å²) in [7, 11) is 0. The summed E-state index contributed by atoms with van der Waals surface area (Å²) in [5.41, 5.74) is 3.34. The molecule has 0 atom stereocenters. The number of imidazole rings is 1. The van der Waals surface area contributed by atoms with E-state index in [2.05, 4.69) is 57.2 Å². The lowest BCUT2D eigenvalue weighted by Gasteiger charge is -2.11. The van der Waals surface area contributed by atoms with Gasteiger partial charge in [-0.15, -0.1) is 0 Å². The van der Waals surface area contributed by atoms with E-state index in [-0.39, 0.29) is 0 Å². The maximum atomic E-state index is 4.69. The van der Waals surface area contributed by atoms with Gasteiger partial charge in [0.2, 0.25) is 0 Å². The molecule has 2 aromatic heterocycles. The molecule has 1 aromatic carbocycles. The highest BCUT2D eigenvalue weighted by Gasteiger charge is 2.06. The summed E-state index contributed by atoms with van der Waals surface area (Å²) in [6, 6.07) is 14.3. The normalized spacial score (nSPS) is 11.7. The number of aromatic nitrogens is 3. The van der Waals surface area contributed by atoms with Gasteiger partial charge in [0.25, 0.3) is 0 Å². The molecule has 3 rings (SSSR count). The highest BCUT2D eigenvalue weighted by atomic mass is 15.2. The maximum absolute atomic E-state index is 4.69. The summed E-state index contributed by atoms with van der Waals surface area (Å²) in [4.78, 5) is 13.7. The molecule has 0 saturated heterocycles. The number of hydrogen-bond donors (Lipinski definition) is 2. The zero-order valence-electron chi connectivity index (χ0n) is 16.2. The Balaban J connectivity index is 1.50. The van der Waals surface area contributed by atoms with E-state index >= 15 is 0 Å². The molecule has 27 heavy (non-hydrogen) atoms. The number of guanidine groups is 1. The van der Waals surface area contributed by atoms with E-state index in [1.807, 2.05) is 30.5 Å². The Morgan fingerprint density at radius 1 is 1.11 bits per heavy atom. The molecule has 3 aromatic rings. The van der Waals surface area contributed by atoms with Gasteiger partial charge < -0.3 is 15.2 Å². The molecule has 0 aliphatic heterocycles. The van der Waals surface area contributed by atoms with Crippen LogP contribution in [0.25, 0.3) is 11.0 Å². The van der Waals surface area contributed by atoms with Gasteiger partial charge in [-0.2, -0.15) is 0 Å². The Morgan fingerprint density at radius 2 is 1.96 bits per heavy atom. The van der Waals surface area contributed by atoms with Crippen molar-refractivity contribution in [2.24, 2.45) is 4.99 Å². The number of nitrogens with one attached hydrogen (secondary N) is 2. The first-order valence-electron chi connectivity index (χ1n) is 9.62. The zero-order chi connectivity index (χ0) is 18.9. The number of fused-ring (bicyclic) bond motifs is 1. The number of aliphatic imine (C=N–C) groups is 1. The third kappa shape index (κ3) is 5.29. The molecule has 0 unspecified atom stereocenters. The van der Waals surface area contributed by atoms with Crippen LogP contribution >= 0.6 is 0 Å². The molecule has 0 radical (unpaired) electrons. The van der Waals surface area contributed by atoms with Gasteiger partial charge in [-0.3, -0.25) is 9.98 Å². The van der Waals surface area contributed by atoms with E-state index < -0.39 is 0 Å². The van der Waals surface area contributed by atoms with E-state index in [1.165, 1.54) is 5.52 Å². The number of rotatable bonds is 8. The summed E-state index contributed by atoms with van der Waals surface area (Å²) in [6.07, 6.45) is 3.68. The van der Waals surface area contributed by atoms with E-state index in [0.717, 1.165) is 62.0 Å². The smallest absolute Gasteiger partial charge is 0.191 e. The third-order valence-electron chi connectivity index (χ3n) is 4.40. The van der Waals surface area contributed by atoms with Crippen LogP contribution < -0.4 is 10.6 Å². The minimum atomic E-state index is 0.769. The monoisotopic (exact) mass is 364 g/mol. The summed E-state index contributed by atoms with van der Waals surface area (Å²) in [5, 5.41) is 6.69. The van der Waals surface area contributed by atoms with Gasteiger partial charge >= 0.3 is 0 Å². The fourth-order valence-electron chi connectivity index (χ4n) is 3.09. The molecule has 0 fully saturated rings. The van der Waals surface area contributed by atoms with Gasteiger partial charge in [0.1, 0.15) is 5.82 Å². The molecule has 142 valence electrons. The highest BCUT2D eigenvalue weighted by molar-refractivity contribution is 5.79. The number of aryl methyl sites for hydroxylation is 2. The third-order valence-corrected chi connectivity index (χ3v) is 4.40. The van der Waals surface area contributed by atoms with Crippen LogP contribution in [0.3, 0.4) is 0 Å². The van der Waals surface area contributed by atoms with Crippen molar-refractivity contribution in [2.75, 3.05) is 19.6 Å². The SMILES string of the molecule is CCNC(=NCCCn1c(C)nc2ccccc21)NCCc1ccccn1. The summed E-state index contributed by atoms with van der Waals surface area (Å²) in [6.45, 7) is 7.49. The quantitative estimate of drug-likeness (QED) is 0.366. The number of hydrogen-bond acceptors (Lipinski definition) is 3. The first-order chi connectivity index (χ1) is 13.3. The highest BCUT2D eigenvalue weighted by Crippen LogP contribution is 2.15. The fraction of sp³-hybridized carbons (Fsp3) is 0.381. The van der Waals surface area contributed by atoms with Crippen molar-refractivity contribution in [3.8, 4) is 0 Å². The average molecular weight is 364 g/mol. The van der Waals surface area contributed by atoms with Gasteiger partial charge in [0.15, 0.2) is 5.96 Å². The van der Waals surface area contributed by atoms with Crippen molar-refractivity contribution in [3.63, 3.8) is 0 Å². The van der Waals surface area contributed by atoms with Crippen molar-refractivity contribution in [1.82, 2.24) is 25.2 Å². The van der Waals surface area contributed by atoms with Gasteiger partial charge in [0.05, 0.1) is 11.0 Å². The molecular weight excluding hydrogens is 336 g/mol. The van der Waals surface area contributed by atoms with Gasteiger partial charge in [-0.25, -0.2) is 4.98 Å². The molecule has 0 saturated carbocycles. The van der Waals surface area contributed by atoms with E-state index in [1.54, 1.807) is 0 Å². The van der Waals surface area contributed by atoms with E-state index in [0.29, 0.717) is 0 Å². The minimum Gasteiger partial charge on any atom is -0.357 e. The van der Waals surface area contributed by atoms with Crippen LogP contribution in [-0.2, 0) is 13.0 Å². The second-order valence-corrected chi connectivity index (χ2v) is 6.41. The first-order valence-corrected chi connectivity index (χ1v) is 9.62. The topological polar surface area (TPSA) is 67.1 Å². The number of para-hydroxylation sites is 2. The minimum absolute atomic E-state index is 0.769. The molecule has 0 amide bonds.